The molecule has 1 aromatic carbocycles. The summed E-state index contributed by atoms with van der Waals surface area (Å²) in [6.07, 6.45) is 1.44. The van der Waals surface area contributed by atoms with E-state index in [1.807, 2.05) is 0 Å². The van der Waals surface area contributed by atoms with E-state index < -0.39 is 5.91 Å². The summed E-state index contributed by atoms with van der Waals surface area (Å²) in [5, 5.41) is 21.7. The lowest BCUT2D eigenvalue weighted by Gasteiger charge is -2.09. The Labute approximate surface area is 114 Å². The first kappa shape index (κ1) is 13.2. The molecule has 6 heteroatoms. The number of anilines is 1. The first-order chi connectivity index (χ1) is 8.97. The van der Waals surface area contributed by atoms with Crippen molar-refractivity contribution in [2.75, 3.05) is 5.32 Å². The molecule has 2 rings (SSSR count). The van der Waals surface area contributed by atoms with E-state index in [-0.39, 0.29) is 17.1 Å². The number of rotatable bonds is 2. The smallest absolute Gasteiger partial charge is 0.259 e. The predicted molar refractivity (Wildman–Crippen MR) is 71.7 cm³/mol. The molecule has 0 fully saturated rings. The zero-order valence-electron chi connectivity index (χ0n) is 10.0. The van der Waals surface area contributed by atoms with Gasteiger partial charge in [-0.3, -0.25) is 4.79 Å². The average molecular weight is 279 g/mol. The Morgan fingerprint density at radius 2 is 2.05 bits per heavy atom. The van der Waals surface area contributed by atoms with E-state index in [4.69, 9.17) is 16.7 Å². The number of hydrogen-bond donors (Lipinski definition) is 3. The standard InChI is InChI=1S/C13H11ClN2O3/c1-7-4-12(14)15-6-10(7)16-13(19)9-3-2-8(17)5-11(9)18/h2-6,17-18H,1H3,(H,16,19). The molecule has 3 N–H and O–H groups in total. The van der Waals surface area contributed by atoms with Gasteiger partial charge in [-0.05, 0) is 30.7 Å². The lowest BCUT2D eigenvalue weighted by atomic mass is 10.1. The van der Waals surface area contributed by atoms with Crippen LogP contribution in [0.4, 0.5) is 5.69 Å². The highest BCUT2D eigenvalue weighted by Crippen LogP contribution is 2.24. The molecule has 1 heterocycles. The summed E-state index contributed by atoms with van der Waals surface area (Å²) in [5.41, 5.74) is 1.32. The highest BCUT2D eigenvalue weighted by Gasteiger charge is 2.13. The molecule has 1 aromatic heterocycles. The summed E-state index contributed by atoms with van der Waals surface area (Å²) in [5.74, 6) is -0.903. The van der Waals surface area contributed by atoms with E-state index in [2.05, 4.69) is 10.3 Å². The summed E-state index contributed by atoms with van der Waals surface area (Å²) in [4.78, 5) is 15.8. The average Bonchev–Trinajstić information content (AvgIpc) is 2.32. The lowest BCUT2D eigenvalue weighted by molar-refractivity contribution is 0.102. The number of amides is 1. The number of aryl methyl sites for hydroxylation is 1. The van der Waals surface area contributed by atoms with Crippen LogP contribution in [0.3, 0.4) is 0 Å². The third-order valence-corrected chi connectivity index (χ3v) is 2.76. The van der Waals surface area contributed by atoms with Gasteiger partial charge < -0.3 is 15.5 Å². The second-order valence-corrected chi connectivity index (χ2v) is 4.36. The number of nitrogens with one attached hydrogen (secondary N) is 1. The number of aromatic nitrogens is 1. The van der Waals surface area contributed by atoms with E-state index in [0.717, 1.165) is 11.6 Å². The van der Waals surface area contributed by atoms with Crippen LogP contribution in [0.25, 0.3) is 0 Å². The van der Waals surface area contributed by atoms with Crippen molar-refractivity contribution >= 4 is 23.2 Å². The number of pyridine rings is 1. The van der Waals surface area contributed by atoms with Crippen molar-refractivity contribution in [1.29, 1.82) is 0 Å². The fourth-order valence-corrected chi connectivity index (χ4v) is 1.77. The van der Waals surface area contributed by atoms with Gasteiger partial charge in [0.15, 0.2) is 0 Å². The van der Waals surface area contributed by atoms with Crippen LogP contribution >= 0.6 is 11.6 Å². The van der Waals surface area contributed by atoms with Crippen LogP contribution in [0.1, 0.15) is 15.9 Å². The first-order valence-electron chi connectivity index (χ1n) is 5.43. The maximum atomic E-state index is 12.0. The van der Waals surface area contributed by atoms with Crippen LogP contribution < -0.4 is 5.32 Å². The molecule has 0 radical (unpaired) electrons. The number of halogens is 1. The number of carbonyl (C=O) groups is 1. The molecule has 0 unspecified atom stereocenters. The largest absolute Gasteiger partial charge is 0.508 e. The van der Waals surface area contributed by atoms with Gasteiger partial charge in [0, 0.05) is 6.07 Å². The van der Waals surface area contributed by atoms with Gasteiger partial charge in [-0.2, -0.15) is 0 Å². The summed E-state index contributed by atoms with van der Waals surface area (Å²) in [6.45, 7) is 1.78. The molecule has 0 aliphatic rings. The Morgan fingerprint density at radius 3 is 2.68 bits per heavy atom. The van der Waals surface area contributed by atoms with Crippen LogP contribution in [0.5, 0.6) is 11.5 Å². The van der Waals surface area contributed by atoms with Gasteiger partial charge in [-0.15, -0.1) is 0 Å². The molecule has 19 heavy (non-hydrogen) atoms. The molecule has 2 aromatic rings. The number of nitrogens with zero attached hydrogens (tertiary/aromatic N) is 1. The van der Waals surface area contributed by atoms with Crippen LogP contribution in [0, 0.1) is 6.92 Å². The molecule has 0 saturated carbocycles. The maximum Gasteiger partial charge on any atom is 0.259 e. The van der Waals surface area contributed by atoms with Crippen molar-refractivity contribution in [1.82, 2.24) is 4.98 Å². The van der Waals surface area contributed by atoms with Crippen molar-refractivity contribution in [2.24, 2.45) is 0 Å². The molecule has 5 nitrogen and oxygen atoms in total. The Morgan fingerprint density at radius 1 is 1.32 bits per heavy atom. The van der Waals surface area contributed by atoms with Crippen LogP contribution in [0.2, 0.25) is 5.15 Å². The number of benzene rings is 1. The summed E-state index contributed by atoms with van der Waals surface area (Å²) in [7, 11) is 0. The maximum absolute atomic E-state index is 12.0. The molecular weight excluding hydrogens is 268 g/mol. The number of aromatic hydroxyl groups is 2. The number of hydrogen-bond acceptors (Lipinski definition) is 4. The molecule has 0 bridgehead atoms. The molecule has 98 valence electrons. The normalized spacial score (nSPS) is 10.2. The van der Waals surface area contributed by atoms with Gasteiger partial charge >= 0.3 is 0 Å². The van der Waals surface area contributed by atoms with Gasteiger partial charge in [-0.25, -0.2) is 4.98 Å². The van der Waals surface area contributed by atoms with Crippen LogP contribution in [0.15, 0.2) is 30.5 Å². The number of phenolic OH excluding ortho intramolecular Hbond substituents is 2. The molecule has 0 saturated heterocycles. The van der Waals surface area contributed by atoms with Crippen molar-refractivity contribution in [2.45, 2.75) is 6.92 Å². The SMILES string of the molecule is Cc1cc(Cl)ncc1NC(=O)c1ccc(O)cc1O. The molecule has 0 aliphatic carbocycles. The molecule has 0 aliphatic heterocycles. The Kier molecular flexibility index (Phi) is 3.57. The van der Waals surface area contributed by atoms with Crippen molar-refractivity contribution in [3.8, 4) is 11.5 Å². The minimum absolute atomic E-state index is 0.0622. The van der Waals surface area contributed by atoms with Gasteiger partial charge in [-0.1, -0.05) is 11.6 Å². The number of phenols is 2. The van der Waals surface area contributed by atoms with E-state index in [1.54, 1.807) is 13.0 Å². The fraction of sp³-hybridized carbons (Fsp3) is 0.0769. The fourth-order valence-electron chi connectivity index (χ4n) is 1.55. The van der Waals surface area contributed by atoms with Crippen molar-refractivity contribution < 1.29 is 15.0 Å². The van der Waals surface area contributed by atoms with Crippen molar-refractivity contribution in [3.05, 3.63) is 46.7 Å². The van der Waals surface area contributed by atoms with E-state index in [9.17, 15) is 9.90 Å². The van der Waals surface area contributed by atoms with E-state index in [0.29, 0.717) is 10.8 Å². The summed E-state index contributed by atoms with van der Waals surface area (Å²) in [6, 6.07) is 5.37. The minimum atomic E-state index is -0.496. The van der Waals surface area contributed by atoms with E-state index >= 15 is 0 Å². The second kappa shape index (κ2) is 5.16. The second-order valence-electron chi connectivity index (χ2n) is 3.98. The Hall–Kier alpha value is -2.27. The zero-order valence-corrected chi connectivity index (χ0v) is 10.8. The Bertz CT molecular complexity index is 644. The summed E-state index contributed by atoms with van der Waals surface area (Å²) >= 11 is 5.72. The van der Waals surface area contributed by atoms with E-state index in [1.165, 1.54) is 18.3 Å². The third-order valence-electron chi connectivity index (χ3n) is 2.55. The van der Waals surface area contributed by atoms with Gasteiger partial charge in [0.1, 0.15) is 16.7 Å². The lowest BCUT2D eigenvalue weighted by Crippen LogP contribution is -2.13. The molecule has 1 amide bonds. The molecule has 0 spiro atoms. The number of carbonyl (C=O) groups excluding carboxylic acids is 1. The quantitative estimate of drug-likeness (QED) is 0.738. The minimum Gasteiger partial charge on any atom is -0.508 e. The monoisotopic (exact) mass is 278 g/mol. The highest BCUT2D eigenvalue weighted by molar-refractivity contribution is 6.29. The van der Waals surface area contributed by atoms with Crippen LogP contribution in [-0.4, -0.2) is 21.1 Å². The molecular formula is C13H11ClN2O3. The third kappa shape index (κ3) is 2.95. The van der Waals surface area contributed by atoms with Gasteiger partial charge in [0.2, 0.25) is 0 Å². The topological polar surface area (TPSA) is 82.5 Å². The van der Waals surface area contributed by atoms with Crippen LogP contribution in [-0.2, 0) is 0 Å². The van der Waals surface area contributed by atoms with Gasteiger partial charge in [0.05, 0.1) is 17.4 Å². The highest BCUT2D eigenvalue weighted by atomic mass is 35.5. The molecule has 0 atom stereocenters. The Balaban J connectivity index is 2.25. The van der Waals surface area contributed by atoms with Gasteiger partial charge in [0.25, 0.3) is 5.91 Å². The summed E-state index contributed by atoms with van der Waals surface area (Å²) < 4.78 is 0. The van der Waals surface area contributed by atoms with Crippen molar-refractivity contribution in [3.63, 3.8) is 0 Å². The first-order valence-corrected chi connectivity index (χ1v) is 5.80. The zero-order chi connectivity index (χ0) is 14.0. The predicted octanol–water partition coefficient (Wildman–Crippen LogP) is 2.71.